The fourth-order valence-corrected chi connectivity index (χ4v) is 6.56. The molecular weight excluding hydrogens is 544 g/mol. The van der Waals surface area contributed by atoms with Crippen molar-refractivity contribution in [1.82, 2.24) is 0 Å². The summed E-state index contributed by atoms with van der Waals surface area (Å²) in [4.78, 5) is 0. The third-order valence-corrected chi connectivity index (χ3v) is 8.41. The lowest BCUT2D eigenvalue weighted by Gasteiger charge is -2.19. The van der Waals surface area contributed by atoms with E-state index in [4.69, 9.17) is 19.5 Å². The molecule has 1 aromatic heterocycles. The van der Waals surface area contributed by atoms with Gasteiger partial charge in [-0.2, -0.15) is 0 Å². The predicted octanol–water partition coefficient (Wildman–Crippen LogP) is 12.7. The maximum absolute atomic E-state index is 9.54. The van der Waals surface area contributed by atoms with Gasteiger partial charge in [0.2, 0.25) is 0 Å². The molecule has 0 spiro atoms. The van der Waals surface area contributed by atoms with Crippen molar-refractivity contribution in [2.75, 3.05) is 0 Å². The van der Waals surface area contributed by atoms with E-state index in [0.29, 0.717) is 21.9 Å². The van der Waals surface area contributed by atoms with Crippen LogP contribution in [0.1, 0.15) is 23.3 Å². The van der Waals surface area contributed by atoms with Crippen molar-refractivity contribution in [2.24, 2.45) is 0 Å². The first-order valence-electron chi connectivity index (χ1n) is 22.6. The molecule has 0 aliphatic carbocycles. The quantitative estimate of drug-likeness (QED) is 0.145. The Morgan fingerprint density at radius 2 is 1.00 bits per heavy atom. The van der Waals surface area contributed by atoms with Gasteiger partial charge < -0.3 is 4.42 Å². The molecule has 0 bridgehead atoms. The standard InChI is InChI=1S/C44H26O/c1-3-13-29-27(11-1)23-25-32-31(29)19-9-20-33(32)41-34-15-5-7-17-36(34)42(37-18-8-6-16-35(37)41)38-21-10-22-39-44(38)43-30-14-4-2-12-28(30)24-26-40(43)45-39/h1-26H/i1D,3D,5D,6D,7D,8D,9D,11D,13D,15D,16D,17D,18D,19D,20D,23D,25D. The second-order valence-electron chi connectivity index (χ2n) is 10.7. The van der Waals surface area contributed by atoms with Gasteiger partial charge in [-0.1, -0.05) is 145 Å². The fraction of sp³-hybridized carbons (Fsp3) is 0. The molecule has 0 amide bonds. The van der Waals surface area contributed by atoms with Crippen molar-refractivity contribution in [3.05, 3.63) is 157 Å². The number of rotatable bonds is 2. The molecule has 45 heavy (non-hydrogen) atoms. The van der Waals surface area contributed by atoms with E-state index >= 15 is 0 Å². The summed E-state index contributed by atoms with van der Waals surface area (Å²) in [5.74, 6) is 0. The molecule has 10 rings (SSSR count). The Morgan fingerprint density at radius 1 is 0.356 bits per heavy atom. The van der Waals surface area contributed by atoms with Crippen LogP contribution in [0, 0.1) is 0 Å². The van der Waals surface area contributed by atoms with Gasteiger partial charge in [0.05, 0.1) is 23.3 Å². The first kappa shape index (κ1) is 13.4. The Labute approximate surface area is 283 Å². The molecule has 0 radical (unpaired) electrons. The van der Waals surface area contributed by atoms with Crippen molar-refractivity contribution >= 4 is 75.8 Å². The molecule has 0 saturated heterocycles. The zero-order valence-electron chi connectivity index (χ0n) is 40.1. The van der Waals surface area contributed by atoms with Crippen LogP contribution >= 0.6 is 0 Å². The largest absolute Gasteiger partial charge is 0.456 e. The summed E-state index contributed by atoms with van der Waals surface area (Å²) in [5.41, 5.74) is 0.188. The van der Waals surface area contributed by atoms with E-state index in [1.54, 1.807) is 24.3 Å². The molecule has 1 nitrogen and oxygen atoms in total. The molecular formula is C44H26O. The average molecular weight is 588 g/mol. The lowest BCUT2D eigenvalue weighted by atomic mass is 9.83. The molecule has 0 fully saturated rings. The highest BCUT2D eigenvalue weighted by molar-refractivity contribution is 6.29. The summed E-state index contributed by atoms with van der Waals surface area (Å²) in [6.45, 7) is 0. The third kappa shape index (κ3) is 3.44. The SMILES string of the molecule is [2H]c1c([2H])c([2H])c2c(-c3cccc4oc5ccc6ccccc6c5c34)c3c([2H])c([2H])c([2H])c([2H])c3c(-c3c([2H])c([2H])c([2H])c4c3c([2H])c([2H])c3c([2H])c([2H])c([2H])c([2H])c34)c2c1[2H]. The van der Waals surface area contributed by atoms with Crippen LogP contribution in [0.15, 0.2) is 162 Å². The number of hydrogen-bond acceptors (Lipinski definition) is 1. The van der Waals surface area contributed by atoms with Crippen LogP contribution in [-0.4, -0.2) is 0 Å². The zero-order valence-corrected chi connectivity index (χ0v) is 23.1. The van der Waals surface area contributed by atoms with E-state index in [2.05, 4.69) is 0 Å². The van der Waals surface area contributed by atoms with E-state index in [-0.39, 0.29) is 32.7 Å². The Balaban J connectivity index is 1.57. The van der Waals surface area contributed by atoms with Crippen LogP contribution in [0.2, 0.25) is 0 Å². The maximum atomic E-state index is 9.54. The normalized spacial score (nSPS) is 17.3. The van der Waals surface area contributed by atoms with Gasteiger partial charge in [0.1, 0.15) is 11.2 Å². The molecule has 1 heteroatoms. The van der Waals surface area contributed by atoms with E-state index in [1.165, 1.54) is 0 Å². The molecule has 0 unspecified atom stereocenters. The molecule has 0 aliphatic heterocycles. The second kappa shape index (κ2) is 9.29. The minimum atomic E-state index is -0.813. The molecule has 0 atom stereocenters. The lowest BCUT2D eigenvalue weighted by molar-refractivity contribution is 0.669. The molecule has 0 N–H and O–H groups in total. The topological polar surface area (TPSA) is 13.1 Å². The monoisotopic (exact) mass is 587 g/mol. The average Bonchev–Trinajstić information content (AvgIpc) is 3.67. The Hall–Kier alpha value is -5.92. The summed E-state index contributed by atoms with van der Waals surface area (Å²) in [6.07, 6.45) is 0. The maximum Gasteiger partial charge on any atom is 0.136 e. The van der Waals surface area contributed by atoms with Gasteiger partial charge in [0, 0.05) is 10.8 Å². The molecule has 1 heterocycles. The van der Waals surface area contributed by atoms with Gasteiger partial charge in [-0.25, -0.2) is 0 Å². The third-order valence-electron chi connectivity index (χ3n) is 8.41. The van der Waals surface area contributed by atoms with Crippen LogP contribution in [0.3, 0.4) is 0 Å². The molecule has 0 saturated carbocycles. The Bertz CT molecular complexity index is 3700. The molecule has 0 aliphatic rings. The van der Waals surface area contributed by atoms with Crippen molar-refractivity contribution in [1.29, 1.82) is 0 Å². The summed E-state index contributed by atoms with van der Waals surface area (Å²) < 4.78 is 161. The molecule has 208 valence electrons. The van der Waals surface area contributed by atoms with Gasteiger partial charge >= 0.3 is 0 Å². The number of hydrogen-bond donors (Lipinski definition) is 0. The predicted molar refractivity (Wildman–Crippen MR) is 192 cm³/mol. The zero-order chi connectivity index (χ0) is 44.3. The highest BCUT2D eigenvalue weighted by Crippen LogP contribution is 2.48. The van der Waals surface area contributed by atoms with Crippen LogP contribution < -0.4 is 0 Å². The molecule has 10 aromatic rings. The molecule has 9 aromatic carbocycles. The number of benzene rings is 9. The minimum Gasteiger partial charge on any atom is -0.456 e. The first-order chi connectivity index (χ1) is 29.4. The van der Waals surface area contributed by atoms with Gasteiger partial charge in [0.15, 0.2) is 0 Å². The van der Waals surface area contributed by atoms with Crippen LogP contribution in [0.5, 0.6) is 0 Å². The first-order valence-corrected chi connectivity index (χ1v) is 14.1. The smallest absolute Gasteiger partial charge is 0.136 e. The summed E-state index contributed by atoms with van der Waals surface area (Å²) in [5, 5.41) is -0.156. The van der Waals surface area contributed by atoms with Crippen molar-refractivity contribution < 1.29 is 27.7 Å². The fourth-order valence-electron chi connectivity index (χ4n) is 6.56. The lowest BCUT2D eigenvalue weighted by Crippen LogP contribution is -1.92. The van der Waals surface area contributed by atoms with Crippen molar-refractivity contribution in [2.45, 2.75) is 0 Å². The second-order valence-corrected chi connectivity index (χ2v) is 10.7. The van der Waals surface area contributed by atoms with Gasteiger partial charge in [-0.05, 0) is 88.2 Å². The van der Waals surface area contributed by atoms with Crippen molar-refractivity contribution in [3.63, 3.8) is 0 Å². The number of furan rings is 1. The summed E-state index contributed by atoms with van der Waals surface area (Å²) in [6, 6.07) is 4.05. The van der Waals surface area contributed by atoms with Crippen LogP contribution in [0.4, 0.5) is 0 Å². The van der Waals surface area contributed by atoms with E-state index in [1.807, 2.05) is 30.3 Å². The Morgan fingerprint density at radius 3 is 1.78 bits per heavy atom. The van der Waals surface area contributed by atoms with Gasteiger partial charge in [0.25, 0.3) is 0 Å². The van der Waals surface area contributed by atoms with E-state index < -0.39 is 135 Å². The van der Waals surface area contributed by atoms with Crippen molar-refractivity contribution in [3.8, 4) is 22.3 Å². The summed E-state index contributed by atoms with van der Waals surface area (Å²) >= 11 is 0. The summed E-state index contributed by atoms with van der Waals surface area (Å²) in [7, 11) is 0. The number of fused-ring (bicyclic) bond motifs is 10. The van der Waals surface area contributed by atoms with Crippen LogP contribution in [0.25, 0.3) is 98.1 Å². The minimum absolute atomic E-state index is 0.0233. The Kier molecular flexibility index (Phi) is 2.76. The van der Waals surface area contributed by atoms with Crippen LogP contribution in [-0.2, 0) is 0 Å². The highest BCUT2D eigenvalue weighted by atomic mass is 16.3. The van der Waals surface area contributed by atoms with E-state index in [0.717, 1.165) is 10.8 Å². The van der Waals surface area contributed by atoms with Gasteiger partial charge in [-0.3, -0.25) is 0 Å². The highest BCUT2D eigenvalue weighted by Gasteiger charge is 2.21. The van der Waals surface area contributed by atoms with E-state index in [9.17, 15) is 8.22 Å². The van der Waals surface area contributed by atoms with Gasteiger partial charge in [-0.15, -0.1) is 0 Å².